The second-order valence-corrected chi connectivity index (χ2v) is 5.76. The van der Waals surface area contributed by atoms with Crippen LogP contribution in [0.2, 0.25) is 0 Å². The molecule has 0 aliphatic carbocycles. The highest BCUT2D eigenvalue weighted by atomic mass is 16.4. The molecule has 0 radical (unpaired) electrons. The lowest BCUT2D eigenvalue weighted by molar-refractivity contribution is 0.0330. The van der Waals surface area contributed by atoms with Crippen LogP contribution in [0.3, 0.4) is 0 Å². The molecule has 0 fully saturated rings. The maximum atomic E-state index is 12.4. The van der Waals surface area contributed by atoms with E-state index in [1.165, 1.54) is 6.26 Å². The predicted octanol–water partition coefficient (Wildman–Crippen LogP) is 3.13. The van der Waals surface area contributed by atoms with Crippen molar-refractivity contribution in [2.24, 2.45) is 0 Å². The van der Waals surface area contributed by atoms with Gasteiger partial charge in [-0.1, -0.05) is 25.5 Å². The molecule has 0 spiro atoms. The van der Waals surface area contributed by atoms with Gasteiger partial charge in [-0.2, -0.15) is 0 Å². The van der Waals surface area contributed by atoms with Crippen molar-refractivity contribution in [2.45, 2.75) is 32.3 Å². The number of para-hydroxylation sites is 1. The molecule has 0 aliphatic rings. The summed E-state index contributed by atoms with van der Waals surface area (Å²) in [4.78, 5) is 12.4. The van der Waals surface area contributed by atoms with E-state index in [9.17, 15) is 9.90 Å². The van der Waals surface area contributed by atoms with E-state index in [0.717, 1.165) is 25.1 Å². The fourth-order valence-electron chi connectivity index (χ4n) is 2.25. The van der Waals surface area contributed by atoms with Gasteiger partial charge in [-0.3, -0.25) is 4.79 Å². The average molecular weight is 316 g/mol. The first kappa shape index (κ1) is 17.1. The van der Waals surface area contributed by atoms with Gasteiger partial charge in [-0.15, -0.1) is 0 Å². The first-order chi connectivity index (χ1) is 11.0. The van der Waals surface area contributed by atoms with Crippen LogP contribution in [0.1, 0.15) is 42.8 Å². The zero-order valence-corrected chi connectivity index (χ0v) is 13.6. The summed E-state index contributed by atoms with van der Waals surface area (Å²) in [6, 6.07) is 10.8. The third-order valence-corrected chi connectivity index (χ3v) is 3.66. The summed E-state index contributed by atoms with van der Waals surface area (Å²) in [6.07, 6.45) is 3.63. The van der Waals surface area contributed by atoms with Crippen LogP contribution in [0.25, 0.3) is 0 Å². The van der Waals surface area contributed by atoms with Crippen molar-refractivity contribution in [3.05, 3.63) is 54.0 Å². The molecule has 1 heterocycles. The van der Waals surface area contributed by atoms with Crippen molar-refractivity contribution in [1.29, 1.82) is 0 Å². The molecule has 0 saturated heterocycles. The van der Waals surface area contributed by atoms with Crippen molar-refractivity contribution < 1.29 is 14.3 Å². The Hall–Kier alpha value is -2.27. The number of carbonyl (C=O) groups is 1. The van der Waals surface area contributed by atoms with Crippen LogP contribution < -0.4 is 10.6 Å². The predicted molar refractivity (Wildman–Crippen MR) is 90.5 cm³/mol. The van der Waals surface area contributed by atoms with Gasteiger partial charge in [0.25, 0.3) is 5.91 Å². The Bertz CT molecular complexity index is 621. The third-order valence-electron chi connectivity index (χ3n) is 3.66. The van der Waals surface area contributed by atoms with E-state index >= 15 is 0 Å². The largest absolute Gasteiger partial charge is 0.466 e. The highest BCUT2D eigenvalue weighted by Gasteiger charge is 2.27. The number of benzene rings is 1. The number of hydrogen-bond donors (Lipinski definition) is 3. The molecule has 1 aromatic carbocycles. The molecule has 1 unspecified atom stereocenters. The van der Waals surface area contributed by atoms with Gasteiger partial charge in [0.05, 0.1) is 18.4 Å². The van der Waals surface area contributed by atoms with Crippen LogP contribution in [0.5, 0.6) is 0 Å². The fraction of sp³-hybridized carbons (Fsp3) is 0.389. The van der Waals surface area contributed by atoms with Gasteiger partial charge < -0.3 is 20.2 Å². The zero-order valence-electron chi connectivity index (χ0n) is 13.6. The first-order valence-corrected chi connectivity index (χ1v) is 7.92. The molecule has 0 saturated carbocycles. The van der Waals surface area contributed by atoms with Crippen molar-refractivity contribution in [1.82, 2.24) is 5.32 Å². The molecule has 1 amide bonds. The number of hydrogen-bond acceptors (Lipinski definition) is 4. The Morgan fingerprint density at radius 1 is 1.26 bits per heavy atom. The summed E-state index contributed by atoms with van der Waals surface area (Å²) in [5.74, 6) is 0.198. The highest BCUT2D eigenvalue weighted by Crippen LogP contribution is 2.21. The fourth-order valence-corrected chi connectivity index (χ4v) is 2.25. The molecule has 23 heavy (non-hydrogen) atoms. The molecular weight excluding hydrogens is 292 g/mol. The number of anilines is 1. The monoisotopic (exact) mass is 316 g/mol. The molecule has 0 bridgehead atoms. The maximum absolute atomic E-state index is 12.4. The van der Waals surface area contributed by atoms with E-state index in [4.69, 9.17) is 4.42 Å². The smallest absolute Gasteiger partial charge is 0.253 e. The van der Waals surface area contributed by atoms with Crippen LogP contribution in [-0.4, -0.2) is 24.1 Å². The Morgan fingerprint density at radius 3 is 2.74 bits per heavy atom. The lowest BCUT2D eigenvalue weighted by Gasteiger charge is -2.21. The van der Waals surface area contributed by atoms with E-state index in [0.29, 0.717) is 11.3 Å². The number of aliphatic hydroxyl groups is 1. The second kappa shape index (κ2) is 7.83. The normalized spacial score (nSPS) is 13.3. The summed E-state index contributed by atoms with van der Waals surface area (Å²) in [7, 11) is 0. The molecule has 2 aromatic rings. The summed E-state index contributed by atoms with van der Waals surface area (Å²) >= 11 is 0. The minimum atomic E-state index is -1.25. The van der Waals surface area contributed by atoms with Crippen LogP contribution >= 0.6 is 0 Å². The Morgan fingerprint density at radius 2 is 2.04 bits per heavy atom. The minimum Gasteiger partial charge on any atom is -0.466 e. The van der Waals surface area contributed by atoms with Crippen LogP contribution in [0.15, 0.2) is 47.1 Å². The molecule has 5 heteroatoms. The van der Waals surface area contributed by atoms with Gasteiger partial charge in [0.2, 0.25) is 0 Å². The van der Waals surface area contributed by atoms with Crippen LogP contribution in [-0.2, 0) is 5.60 Å². The zero-order chi connectivity index (χ0) is 16.7. The molecule has 0 aliphatic heterocycles. The number of furan rings is 1. The summed E-state index contributed by atoms with van der Waals surface area (Å²) in [6.45, 7) is 4.63. The van der Waals surface area contributed by atoms with Gasteiger partial charge in [0, 0.05) is 12.2 Å². The van der Waals surface area contributed by atoms with Crippen molar-refractivity contribution in [2.75, 3.05) is 18.4 Å². The lowest BCUT2D eigenvalue weighted by atomic mass is 10.0. The van der Waals surface area contributed by atoms with Gasteiger partial charge in [-0.25, -0.2) is 0 Å². The topological polar surface area (TPSA) is 74.5 Å². The Labute approximate surface area is 136 Å². The quantitative estimate of drug-likeness (QED) is 0.654. The Kier molecular flexibility index (Phi) is 5.82. The molecule has 1 aromatic heterocycles. The highest BCUT2D eigenvalue weighted by molar-refractivity contribution is 5.99. The standard InChI is InChI=1S/C18H24N2O3/c1-3-4-11-19-15-9-6-5-8-14(15)17(21)20-13-18(2,22)16-10-7-12-23-16/h5-10,12,19,22H,3-4,11,13H2,1-2H3,(H,20,21). The van der Waals surface area contributed by atoms with Gasteiger partial charge in [0.15, 0.2) is 0 Å². The average Bonchev–Trinajstić information content (AvgIpc) is 3.09. The van der Waals surface area contributed by atoms with Gasteiger partial charge >= 0.3 is 0 Å². The third kappa shape index (κ3) is 4.60. The number of rotatable bonds is 8. The minimum absolute atomic E-state index is 0.0721. The van der Waals surface area contributed by atoms with E-state index in [2.05, 4.69) is 17.6 Å². The van der Waals surface area contributed by atoms with Gasteiger partial charge in [0.1, 0.15) is 11.4 Å². The Balaban J connectivity index is 2.00. The first-order valence-electron chi connectivity index (χ1n) is 7.92. The lowest BCUT2D eigenvalue weighted by Crippen LogP contribution is -2.38. The van der Waals surface area contributed by atoms with E-state index in [1.807, 2.05) is 18.2 Å². The van der Waals surface area contributed by atoms with Gasteiger partial charge in [-0.05, 0) is 37.6 Å². The number of carbonyl (C=O) groups excluding carboxylic acids is 1. The molecule has 1 atom stereocenters. The second-order valence-electron chi connectivity index (χ2n) is 5.76. The van der Waals surface area contributed by atoms with Crippen LogP contribution in [0, 0.1) is 0 Å². The van der Waals surface area contributed by atoms with E-state index in [-0.39, 0.29) is 12.5 Å². The summed E-state index contributed by atoms with van der Waals surface area (Å²) in [5, 5.41) is 16.4. The summed E-state index contributed by atoms with van der Waals surface area (Å²) < 4.78 is 5.21. The number of unbranched alkanes of at least 4 members (excludes halogenated alkanes) is 1. The summed E-state index contributed by atoms with van der Waals surface area (Å²) in [5.41, 5.74) is 0.124. The molecule has 5 nitrogen and oxygen atoms in total. The number of nitrogens with one attached hydrogen (secondary N) is 2. The van der Waals surface area contributed by atoms with E-state index in [1.54, 1.807) is 25.1 Å². The van der Waals surface area contributed by atoms with Crippen molar-refractivity contribution in [3.8, 4) is 0 Å². The molecule has 3 N–H and O–H groups in total. The van der Waals surface area contributed by atoms with Crippen LogP contribution in [0.4, 0.5) is 5.69 Å². The van der Waals surface area contributed by atoms with Crippen molar-refractivity contribution >= 4 is 11.6 Å². The van der Waals surface area contributed by atoms with E-state index < -0.39 is 5.60 Å². The SMILES string of the molecule is CCCCNc1ccccc1C(=O)NCC(C)(O)c1ccco1. The number of amides is 1. The molecule has 124 valence electrons. The molecule has 2 rings (SSSR count). The molecular formula is C18H24N2O3. The van der Waals surface area contributed by atoms with Crippen molar-refractivity contribution in [3.63, 3.8) is 0 Å². The maximum Gasteiger partial charge on any atom is 0.253 e.